The van der Waals surface area contributed by atoms with Gasteiger partial charge in [-0.1, -0.05) is 12.1 Å². The Labute approximate surface area is 83.5 Å². The van der Waals surface area contributed by atoms with Gasteiger partial charge in [0.25, 0.3) is 0 Å². The Morgan fingerprint density at radius 1 is 1.21 bits per heavy atom. The predicted octanol–water partition coefficient (Wildman–Crippen LogP) is 2.86. The van der Waals surface area contributed by atoms with Crippen molar-refractivity contribution in [1.82, 2.24) is 4.98 Å². The molecule has 1 aromatic heterocycles. The van der Waals surface area contributed by atoms with Gasteiger partial charge in [0, 0.05) is 17.1 Å². The van der Waals surface area contributed by atoms with Crippen molar-refractivity contribution in [3.8, 4) is 5.75 Å². The Hall–Kier alpha value is -1.57. The normalized spacial score (nSPS) is 10.5. The summed E-state index contributed by atoms with van der Waals surface area (Å²) in [7, 11) is 1.69. The van der Waals surface area contributed by atoms with Crippen LogP contribution in [0.5, 0.6) is 5.75 Å². The lowest BCUT2D eigenvalue weighted by Crippen LogP contribution is -1.91. The Kier molecular flexibility index (Phi) is 2.12. The maximum Gasteiger partial charge on any atom is 0.130 e. The Morgan fingerprint density at radius 2 is 2.00 bits per heavy atom. The van der Waals surface area contributed by atoms with Crippen molar-refractivity contribution >= 4 is 10.9 Å². The van der Waals surface area contributed by atoms with Gasteiger partial charge < -0.3 is 4.74 Å². The van der Waals surface area contributed by atoms with Crippen LogP contribution in [-0.4, -0.2) is 12.1 Å². The van der Waals surface area contributed by atoms with E-state index in [1.807, 2.05) is 25.1 Å². The van der Waals surface area contributed by atoms with Gasteiger partial charge in [0.2, 0.25) is 0 Å². The quantitative estimate of drug-likeness (QED) is 0.684. The first-order valence-corrected chi connectivity index (χ1v) is 4.63. The molecule has 2 aromatic rings. The van der Waals surface area contributed by atoms with Crippen LogP contribution in [0.4, 0.5) is 0 Å². The lowest BCUT2D eigenvalue weighted by molar-refractivity contribution is 0.419. The maximum atomic E-state index is 5.32. The number of fused-ring (bicyclic) bond motifs is 1. The van der Waals surface area contributed by atoms with Gasteiger partial charge in [-0.05, 0) is 25.5 Å². The van der Waals surface area contributed by atoms with E-state index in [-0.39, 0.29) is 0 Å². The molecule has 0 atom stereocenters. The van der Waals surface area contributed by atoms with Gasteiger partial charge in [-0.15, -0.1) is 0 Å². The first-order chi connectivity index (χ1) is 6.72. The molecule has 1 heterocycles. The zero-order valence-electron chi connectivity index (χ0n) is 8.66. The second kappa shape index (κ2) is 3.29. The van der Waals surface area contributed by atoms with Crippen molar-refractivity contribution in [3.63, 3.8) is 0 Å². The van der Waals surface area contributed by atoms with E-state index in [1.165, 1.54) is 5.56 Å². The lowest BCUT2D eigenvalue weighted by Gasteiger charge is -2.07. The standard InChI is InChI=1S/C12H13NO/c1-8-5-4-6-10-11(14-3)7-9(2)13-12(8)10/h4-7H,1-3H3. The third-order valence-corrected chi connectivity index (χ3v) is 2.35. The van der Waals surface area contributed by atoms with Gasteiger partial charge in [-0.2, -0.15) is 0 Å². The van der Waals surface area contributed by atoms with Gasteiger partial charge in [-0.25, -0.2) is 0 Å². The average Bonchev–Trinajstić information content (AvgIpc) is 2.18. The first kappa shape index (κ1) is 9.00. The number of benzene rings is 1. The highest BCUT2D eigenvalue weighted by atomic mass is 16.5. The van der Waals surface area contributed by atoms with Crippen LogP contribution in [0.15, 0.2) is 24.3 Å². The van der Waals surface area contributed by atoms with E-state index in [1.54, 1.807) is 7.11 Å². The summed E-state index contributed by atoms with van der Waals surface area (Å²) in [5.74, 6) is 0.899. The fraction of sp³-hybridized carbons (Fsp3) is 0.250. The molecule has 0 fully saturated rings. The van der Waals surface area contributed by atoms with Crippen LogP contribution in [0, 0.1) is 13.8 Å². The van der Waals surface area contributed by atoms with E-state index in [9.17, 15) is 0 Å². The highest BCUT2D eigenvalue weighted by molar-refractivity contribution is 5.87. The second-order valence-corrected chi connectivity index (χ2v) is 3.44. The summed E-state index contributed by atoms with van der Waals surface area (Å²) >= 11 is 0. The van der Waals surface area contributed by atoms with Gasteiger partial charge in [0.1, 0.15) is 5.75 Å². The van der Waals surface area contributed by atoms with Crippen molar-refractivity contribution in [3.05, 3.63) is 35.5 Å². The summed E-state index contributed by atoms with van der Waals surface area (Å²) in [6.45, 7) is 4.04. The molecular weight excluding hydrogens is 174 g/mol. The molecule has 72 valence electrons. The lowest BCUT2D eigenvalue weighted by atomic mass is 10.1. The topological polar surface area (TPSA) is 22.1 Å². The van der Waals surface area contributed by atoms with E-state index < -0.39 is 0 Å². The first-order valence-electron chi connectivity index (χ1n) is 4.63. The van der Waals surface area contributed by atoms with Gasteiger partial charge in [0.15, 0.2) is 0 Å². The molecule has 0 bridgehead atoms. The van der Waals surface area contributed by atoms with Gasteiger partial charge in [-0.3, -0.25) is 4.98 Å². The molecule has 0 radical (unpaired) electrons. The number of pyridine rings is 1. The van der Waals surface area contributed by atoms with Crippen LogP contribution < -0.4 is 4.74 Å². The molecule has 0 spiro atoms. The Balaban J connectivity index is 2.87. The number of ether oxygens (including phenoxy) is 1. The molecule has 2 nitrogen and oxygen atoms in total. The van der Waals surface area contributed by atoms with E-state index in [4.69, 9.17) is 4.74 Å². The van der Waals surface area contributed by atoms with Crippen LogP contribution in [0.2, 0.25) is 0 Å². The highest BCUT2D eigenvalue weighted by Crippen LogP contribution is 2.26. The van der Waals surface area contributed by atoms with Crippen molar-refractivity contribution in [2.75, 3.05) is 7.11 Å². The molecule has 0 amide bonds. The number of aromatic nitrogens is 1. The van der Waals surface area contributed by atoms with Crippen LogP contribution in [0.3, 0.4) is 0 Å². The molecule has 0 aliphatic heterocycles. The number of methoxy groups -OCH3 is 1. The maximum absolute atomic E-state index is 5.32. The van der Waals surface area contributed by atoms with Crippen molar-refractivity contribution in [2.24, 2.45) is 0 Å². The summed E-state index contributed by atoms with van der Waals surface area (Å²) in [6.07, 6.45) is 0. The largest absolute Gasteiger partial charge is 0.496 e. The monoisotopic (exact) mass is 187 g/mol. The summed E-state index contributed by atoms with van der Waals surface area (Å²) in [6, 6.07) is 8.08. The molecule has 0 unspecified atom stereocenters. The second-order valence-electron chi connectivity index (χ2n) is 3.44. The molecular formula is C12H13NO. The van der Waals surface area contributed by atoms with E-state index in [0.717, 1.165) is 22.3 Å². The zero-order valence-corrected chi connectivity index (χ0v) is 8.66. The summed E-state index contributed by atoms with van der Waals surface area (Å²) < 4.78 is 5.32. The summed E-state index contributed by atoms with van der Waals surface area (Å²) in [5, 5.41) is 1.08. The third-order valence-electron chi connectivity index (χ3n) is 2.35. The number of para-hydroxylation sites is 1. The minimum atomic E-state index is 0.899. The Bertz CT molecular complexity index is 477. The number of aryl methyl sites for hydroxylation is 2. The third kappa shape index (κ3) is 1.33. The molecule has 0 aliphatic carbocycles. The zero-order chi connectivity index (χ0) is 10.1. The molecule has 2 heteroatoms. The molecule has 0 saturated heterocycles. The average molecular weight is 187 g/mol. The SMILES string of the molecule is COc1cc(C)nc2c(C)cccc12. The van der Waals surface area contributed by atoms with Crippen molar-refractivity contribution in [2.45, 2.75) is 13.8 Å². The Morgan fingerprint density at radius 3 is 2.71 bits per heavy atom. The van der Waals surface area contributed by atoms with Crippen LogP contribution in [0.25, 0.3) is 10.9 Å². The highest BCUT2D eigenvalue weighted by Gasteiger charge is 2.05. The van der Waals surface area contributed by atoms with E-state index in [2.05, 4.69) is 18.0 Å². The molecule has 0 N–H and O–H groups in total. The fourth-order valence-electron chi connectivity index (χ4n) is 1.65. The summed E-state index contributed by atoms with van der Waals surface area (Å²) in [4.78, 5) is 4.50. The molecule has 1 aromatic carbocycles. The fourth-order valence-corrected chi connectivity index (χ4v) is 1.65. The summed E-state index contributed by atoms with van der Waals surface area (Å²) in [5.41, 5.74) is 3.21. The van der Waals surface area contributed by atoms with Crippen LogP contribution >= 0.6 is 0 Å². The number of nitrogens with zero attached hydrogens (tertiary/aromatic N) is 1. The smallest absolute Gasteiger partial charge is 0.130 e. The predicted molar refractivity (Wildman–Crippen MR) is 57.8 cm³/mol. The number of hydrogen-bond acceptors (Lipinski definition) is 2. The number of rotatable bonds is 1. The minimum Gasteiger partial charge on any atom is -0.496 e. The molecule has 0 aliphatic rings. The van der Waals surface area contributed by atoms with E-state index >= 15 is 0 Å². The number of hydrogen-bond donors (Lipinski definition) is 0. The van der Waals surface area contributed by atoms with E-state index in [0.29, 0.717) is 0 Å². The molecule has 2 rings (SSSR count). The van der Waals surface area contributed by atoms with Crippen molar-refractivity contribution < 1.29 is 4.74 Å². The van der Waals surface area contributed by atoms with Crippen LogP contribution in [-0.2, 0) is 0 Å². The molecule has 0 saturated carbocycles. The van der Waals surface area contributed by atoms with Gasteiger partial charge in [0.05, 0.1) is 12.6 Å². The minimum absolute atomic E-state index is 0.899. The van der Waals surface area contributed by atoms with Crippen molar-refractivity contribution in [1.29, 1.82) is 0 Å². The van der Waals surface area contributed by atoms with Crippen LogP contribution in [0.1, 0.15) is 11.3 Å². The van der Waals surface area contributed by atoms with Gasteiger partial charge >= 0.3 is 0 Å². The molecule has 14 heavy (non-hydrogen) atoms.